The summed E-state index contributed by atoms with van der Waals surface area (Å²) < 4.78 is 10.5. The van der Waals surface area contributed by atoms with E-state index in [1.165, 1.54) is 0 Å². The summed E-state index contributed by atoms with van der Waals surface area (Å²) in [5.41, 5.74) is 0.684. The van der Waals surface area contributed by atoms with Crippen LogP contribution in [-0.4, -0.2) is 30.7 Å². The molecule has 6 heteroatoms. The fourth-order valence-corrected chi connectivity index (χ4v) is 1.91. The standard InChI is InChI=1S/C13H14ClN3O2/c1-4-5-15-12-8-6-10(18-2)11(19-3)7-9(8)16-13(14)17-12/h4,6-7H,1,5H2,2-3H3,(H,15,16,17). The van der Waals surface area contributed by atoms with Crippen molar-refractivity contribution in [1.29, 1.82) is 0 Å². The third-order valence-corrected chi connectivity index (χ3v) is 2.76. The highest BCUT2D eigenvalue weighted by Crippen LogP contribution is 2.34. The van der Waals surface area contributed by atoms with Crippen molar-refractivity contribution < 1.29 is 9.47 Å². The summed E-state index contributed by atoms with van der Waals surface area (Å²) in [6, 6.07) is 3.58. The highest BCUT2D eigenvalue weighted by molar-refractivity contribution is 6.28. The first-order chi connectivity index (χ1) is 9.19. The number of benzene rings is 1. The second-order valence-corrected chi connectivity index (χ2v) is 4.07. The molecule has 0 bridgehead atoms. The SMILES string of the molecule is C=CCNc1nc(Cl)nc2cc(OC)c(OC)cc12. The van der Waals surface area contributed by atoms with Crippen molar-refractivity contribution in [1.82, 2.24) is 9.97 Å². The number of nitrogens with zero attached hydrogens (tertiary/aromatic N) is 2. The Hall–Kier alpha value is -2.01. The Morgan fingerprint density at radius 1 is 1.26 bits per heavy atom. The molecule has 2 rings (SSSR count). The van der Waals surface area contributed by atoms with Crippen molar-refractivity contribution in [2.75, 3.05) is 26.1 Å². The van der Waals surface area contributed by atoms with Gasteiger partial charge in [-0.3, -0.25) is 0 Å². The van der Waals surface area contributed by atoms with Gasteiger partial charge < -0.3 is 14.8 Å². The molecule has 1 aromatic carbocycles. The molecule has 5 nitrogen and oxygen atoms in total. The Bertz CT molecular complexity index is 616. The van der Waals surface area contributed by atoms with Gasteiger partial charge in [0.1, 0.15) is 5.82 Å². The van der Waals surface area contributed by atoms with Gasteiger partial charge in [0.2, 0.25) is 5.28 Å². The average molecular weight is 280 g/mol. The van der Waals surface area contributed by atoms with Gasteiger partial charge in [-0.05, 0) is 17.7 Å². The van der Waals surface area contributed by atoms with E-state index in [0.29, 0.717) is 29.4 Å². The van der Waals surface area contributed by atoms with Crippen LogP contribution in [0.5, 0.6) is 11.5 Å². The molecular formula is C13H14ClN3O2. The second kappa shape index (κ2) is 5.75. The van der Waals surface area contributed by atoms with E-state index in [-0.39, 0.29) is 5.28 Å². The Balaban J connectivity index is 2.64. The minimum Gasteiger partial charge on any atom is -0.493 e. The lowest BCUT2D eigenvalue weighted by Gasteiger charge is -2.11. The van der Waals surface area contributed by atoms with Crippen LogP contribution >= 0.6 is 11.6 Å². The highest BCUT2D eigenvalue weighted by atomic mass is 35.5. The molecule has 0 radical (unpaired) electrons. The predicted octanol–water partition coefficient (Wildman–Crippen LogP) is 2.90. The lowest BCUT2D eigenvalue weighted by Crippen LogP contribution is -2.03. The minimum atomic E-state index is 0.172. The van der Waals surface area contributed by atoms with Gasteiger partial charge in [0, 0.05) is 18.0 Å². The van der Waals surface area contributed by atoms with Crippen LogP contribution in [0.1, 0.15) is 0 Å². The van der Waals surface area contributed by atoms with E-state index in [1.807, 2.05) is 6.07 Å². The molecule has 2 aromatic rings. The summed E-state index contributed by atoms with van der Waals surface area (Å²) in [6.45, 7) is 4.24. The van der Waals surface area contributed by atoms with Crippen LogP contribution in [0, 0.1) is 0 Å². The van der Waals surface area contributed by atoms with Crippen LogP contribution in [0.2, 0.25) is 5.28 Å². The van der Waals surface area contributed by atoms with Crippen LogP contribution < -0.4 is 14.8 Å². The zero-order valence-electron chi connectivity index (χ0n) is 10.7. The van der Waals surface area contributed by atoms with Crippen LogP contribution in [0.15, 0.2) is 24.8 Å². The van der Waals surface area contributed by atoms with Crippen molar-refractivity contribution in [2.24, 2.45) is 0 Å². The molecule has 0 saturated carbocycles. The molecule has 1 N–H and O–H groups in total. The zero-order valence-corrected chi connectivity index (χ0v) is 11.5. The number of methoxy groups -OCH3 is 2. The third kappa shape index (κ3) is 2.71. The van der Waals surface area contributed by atoms with Crippen molar-refractivity contribution in [3.63, 3.8) is 0 Å². The number of anilines is 1. The lowest BCUT2D eigenvalue weighted by molar-refractivity contribution is 0.356. The largest absolute Gasteiger partial charge is 0.493 e. The number of rotatable bonds is 5. The van der Waals surface area contributed by atoms with Gasteiger partial charge in [-0.2, -0.15) is 0 Å². The fraction of sp³-hybridized carbons (Fsp3) is 0.231. The number of fused-ring (bicyclic) bond motifs is 1. The Morgan fingerprint density at radius 2 is 1.95 bits per heavy atom. The number of hydrogen-bond donors (Lipinski definition) is 1. The fourth-order valence-electron chi connectivity index (χ4n) is 1.73. The summed E-state index contributed by atoms with van der Waals surface area (Å²) in [5.74, 6) is 1.85. The molecule has 0 amide bonds. The maximum atomic E-state index is 5.91. The molecule has 0 aliphatic heterocycles. The maximum Gasteiger partial charge on any atom is 0.224 e. The molecule has 19 heavy (non-hydrogen) atoms. The van der Waals surface area contributed by atoms with Crippen LogP contribution in [-0.2, 0) is 0 Å². The van der Waals surface area contributed by atoms with E-state index >= 15 is 0 Å². The number of nitrogens with one attached hydrogen (secondary N) is 1. The van der Waals surface area contributed by atoms with Crippen molar-refractivity contribution in [3.05, 3.63) is 30.1 Å². The van der Waals surface area contributed by atoms with Gasteiger partial charge in [0.25, 0.3) is 0 Å². The monoisotopic (exact) mass is 279 g/mol. The maximum absolute atomic E-state index is 5.91. The Morgan fingerprint density at radius 3 is 2.58 bits per heavy atom. The summed E-state index contributed by atoms with van der Waals surface area (Å²) in [6.07, 6.45) is 1.74. The number of ether oxygens (including phenoxy) is 2. The number of hydrogen-bond acceptors (Lipinski definition) is 5. The van der Waals surface area contributed by atoms with Crippen molar-refractivity contribution in [3.8, 4) is 11.5 Å². The lowest BCUT2D eigenvalue weighted by atomic mass is 10.2. The quantitative estimate of drug-likeness (QED) is 0.674. The Labute approximate surface area is 116 Å². The molecule has 0 aliphatic carbocycles. The van der Waals surface area contributed by atoms with E-state index in [9.17, 15) is 0 Å². The van der Waals surface area contributed by atoms with Gasteiger partial charge in [-0.25, -0.2) is 9.97 Å². The van der Waals surface area contributed by atoms with Crippen LogP contribution in [0.4, 0.5) is 5.82 Å². The highest BCUT2D eigenvalue weighted by Gasteiger charge is 2.12. The molecule has 1 aromatic heterocycles. The topological polar surface area (TPSA) is 56.3 Å². The van der Waals surface area contributed by atoms with Gasteiger partial charge >= 0.3 is 0 Å². The second-order valence-electron chi connectivity index (χ2n) is 3.74. The van der Waals surface area contributed by atoms with Gasteiger partial charge in [0.15, 0.2) is 11.5 Å². The first-order valence-electron chi connectivity index (χ1n) is 5.63. The molecule has 0 fully saturated rings. The minimum absolute atomic E-state index is 0.172. The van der Waals surface area contributed by atoms with Gasteiger partial charge in [0.05, 0.1) is 19.7 Å². The average Bonchev–Trinajstić information content (AvgIpc) is 2.43. The first kappa shape index (κ1) is 13.4. The van der Waals surface area contributed by atoms with Crippen LogP contribution in [0.25, 0.3) is 10.9 Å². The van der Waals surface area contributed by atoms with Crippen molar-refractivity contribution in [2.45, 2.75) is 0 Å². The summed E-state index contributed by atoms with van der Waals surface area (Å²) >= 11 is 5.91. The third-order valence-electron chi connectivity index (χ3n) is 2.59. The normalized spacial score (nSPS) is 10.3. The van der Waals surface area contributed by atoms with Crippen molar-refractivity contribution >= 4 is 28.3 Å². The molecule has 0 atom stereocenters. The molecular weight excluding hydrogens is 266 g/mol. The van der Waals surface area contributed by atoms with E-state index in [2.05, 4.69) is 21.9 Å². The van der Waals surface area contributed by atoms with Crippen LogP contribution in [0.3, 0.4) is 0 Å². The molecule has 0 saturated heterocycles. The molecule has 1 heterocycles. The predicted molar refractivity (Wildman–Crippen MR) is 76.3 cm³/mol. The summed E-state index contributed by atoms with van der Waals surface area (Å²) in [5, 5.41) is 4.10. The van der Waals surface area contributed by atoms with Gasteiger partial charge in [-0.15, -0.1) is 6.58 Å². The number of aromatic nitrogens is 2. The van der Waals surface area contributed by atoms with E-state index in [1.54, 1.807) is 26.4 Å². The summed E-state index contributed by atoms with van der Waals surface area (Å²) in [4.78, 5) is 8.35. The molecule has 0 aliphatic rings. The van der Waals surface area contributed by atoms with E-state index in [4.69, 9.17) is 21.1 Å². The van der Waals surface area contributed by atoms with E-state index in [0.717, 1.165) is 5.39 Å². The molecule has 0 spiro atoms. The van der Waals surface area contributed by atoms with Gasteiger partial charge in [-0.1, -0.05) is 6.08 Å². The summed E-state index contributed by atoms with van der Waals surface area (Å²) in [7, 11) is 3.15. The molecule has 100 valence electrons. The van der Waals surface area contributed by atoms with E-state index < -0.39 is 0 Å². The molecule has 0 unspecified atom stereocenters. The Kier molecular flexibility index (Phi) is 4.06. The zero-order chi connectivity index (χ0) is 13.8. The number of halogens is 1. The smallest absolute Gasteiger partial charge is 0.224 e. The first-order valence-corrected chi connectivity index (χ1v) is 6.01.